The Morgan fingerprint density at radius 2 is 1.70 bits per heavy atom. The van der Waals surface area contributed by atoms with E-state index in [2.05, 4.69) is 10.6 Å². The van der Waals surface area contributed by atoms with E-state index >= 15 is 0 Å². The third-order valence-corrected chi connectivity index (χ3v) is 4.72. The van der Waals surface area contributed by atoms with Crippen LogP contribution in [0.4, 0.5) is 5.69 Å². The molecule has 0 fully saturated rings. The molecule has 1 aliphatic rings. The van der Waals surface area contributed by atoms with Gasteiger partial charge in [-0.15, -0.1) is 0 Å². The number of primary sulfonamides is 1. The van der Waals surface area contributed by atoms with Gasteiger partial charge in [-0.2, -0.15) is 0 Å². The molecule has 4 N–H and O–H groups in total. The predicted octanol–water partition coefficient (Wildman–Crippen LogP) is 0.360. The lowest BCUT2D eigenvalue weighted by molar-refractivity contribution is -0.136. The molecule has 9 nitrogen and oxygen atoms in total. The molecule has 2 amide bonds. The maximum Gasteiger partial charge on any atom is 0.313 e. The number of nitrogens with one attached hydrogen (secondary N) is 2. The van der Waals surface area contributed by atoms with Crippen LogP contribution in [-0.4, -0.2) is 33.6 Å². The van der Waals surface area contributed by atoms with E-state index in [-0.39, 0.29) is 18.2 Å². The molecular formula is C17H17N3O6S. The lowest BCUT2D eigenvalue weighted by Crippen LogP contribution is -2.36. The van der Waals surface area contributed by atoms with Gasteiger partial charge in [0.1, 0.15) is 0 Å². The average molecular weight is 391 g/mol. The molecule has 0 radical (unpaired) electrons. The Kier molecular flexibility index (Phi) is 5.28. The SMILES string of the molecule is NS(=O)(=O)c1ccc(CCNC(=O)C(=O)Nc2ccc3c(c2)OCO3)cc1. The van der Waals surface area contributed by atoms with Crippen molar-refractivity contribution in [2.24, 2.45) is 5.14 Å². The molecule has 0 spiro atoms. The number of sulfonamides is 1. The van der Waals surface area contributed by atoms with Crippen LogP contribution in [0.5, 0.6) is 11.5 Å². The number of rotatable bonds is 5. The maximum atomic E-state index is 11.9. The smallest absolute Gasteiger partial charge is 0.313 e. The summed E-state index contributed by atoms with van der Waals surface area (Å²) < 4.78 is 32.8. The summed E-state index contributed by atoms with van der Waals surface area (Å²) in [5.74, 6) is -0.519. The van der Waals surface area contributed by atoms with Crippen LogP contribution < -0.4 is 25.2 Å². The zero-order valence-electron chi connectivity index (χ0n) is 14.1. The highest BCUT2D eigenvalue weighted by Gasteiger charge is 2.17. The molecule has 2 aromatic rings. The number of amides is 2. The van der Waals surface area contributed by atoms with Gasteiger partial charge in [0.2, 0.25) is 16.8 Å². The number of benzene rings is 2. The van der Waals surface area contributed by atoms with Crippen LogP contribution >= 0.6 is 0 Å². The fraction of sp³-hybridized carbons (Fsp3) is 0.176. The zero-order valence-corrected chi connectivity index (χ0v) is 14.9. The van der Waals surface area contributed by atoms with Crippen molar-refractivity contribution >= 4 is 27.5 Å². The van der Waals surface area contributed by atoms with Crippen LogP contribution in [-0.2, 0) is 26.0 Å². The van der Waals surface area contributed by atoms with Gasteiger partial charge in [0.15, 0.2) is 11.5 Å². The van der Waals surface area contributed by atoms with Gasteiger partial charge in [0.25, 0.3) is 0 Å². The number of fused-ring (bicyclic) bond motifs is 1. The summed E-state index contributed by atoms with van der Waals surface area (Å²) in [6, 6.07) is 10.8. The Bertz CT molecular complexity index is 973. The molecule has 27 heavy (non-hydrogen) atoms. The zero-order chi connectivity index (χ0) is 19.4. The number of nitrogens with two attached hydrogens (primary N) is 1. The Labute approximate surface area is 155 Å². The number of carbonyl (C=O) groups is 2. The molecule has 2 aromatic carbocycles. The summed E-state index contributed by atoms with van der Waals surface area (Å²) in [5.41, 5.74) is 1.21. The normalized spacial score (nSPS) is 12.5. The molecule has 0 aromatic heterocycles. The van der Waals surface area contributed by atoms with Crippen molar-refractivity contribution in [3.63, 3.8) is 0 Å². The molecule has 0 saturated heterocycles. The van der Waals surface area contributed by atoms with Crippen molar-refractivity contribution in [2.75, 3.05) is 18.7 Å². The first-order chi connectivity index (χ1) is 12.8. The molecule has 0 atom stereocenters. The molecule has 1 aliphatic heterocycles. The van der Waals surface area contributed by atoms with Crippen LogP contribution in [0.1, 0.15) is 5.56 Å². The summed E-state index contributed by atoms with van der Waals surface area (Å²) in [7, 11) is -3.74. The molecule has 142 valence electrons. The summed E-state index contributed by atoms with van der Waals surface area (Å²) in [6.45, 7) is 0.327. The highest BCUT2D eigenvalue weighted by atomic mass is 32.2. The monoisotopic (exact) mass is 391 g/mol. The van der Waals surface area contributed by atoms with E-state index in [1.54, 1.807) is 30.3 Å². The third-order valence-electron chi connectivity index (χ3n) is 3.79. The highest BCUT2D eigenvalue weighted by molar-refractivity contribution is 7.89. The number of carbonyl (C=O) groups excluding carboxylic acids is 2. The summed E-state index contributed by atoms with van der Waals surface area (Å²) >= 11 is 0. The Morgan fingerprint density at radius 1 is 1.00 bits per heavy atom. The molecule has 0 saturated carbocycles. The molecule has 0 aliphatic carbocycles. The molecule has 10 heteroatoms. The maximum absolute atomic E-state index is 11.9. The lowest BCUT2D eigenvalue weighted by atomic mass is 10.1. The van der Waals surface area contributed by atoms with E-state index in [4.69, 9.17) is 14.6 Å². The van der Waals surface area contributed by atoms with E-state index in [1.165, 1.54) is 12.1 Å². The minimum absolute atomic E-state index is 0.0124. The first-order valence-corrected chi connectivity index (χ1v) is 9.48. The van der Waals surface area contributed by atoms with Gasteiger partial charge in [-0.05, 0) is 36.2 Å². The van der Waals surface area contributed by atoms with Crippen LogP contribution in [0, 0.1) is 0 Å². The van der Waals surface area contributed by atoms with Gasteiger partial charge in [-0.25, -0.2) is 13.6 Å². The van der Waals surface area contributed by atoms with Crippen molar-refractivity contribution < 1.29 is 27.5 Å². The summed E-state index contributed by atoms with van der Waals surface area (Å²) in [4.78, 5) is 23.8. The van der Waals surface area contributed by atoms with Gasteiger partial charge in [-0.1, -0.05) is 12.1 Å². The molecule has 1 heterocycles. The van der Waals surface area contributed by atoms with Crippen molar-refractivity contribution in [2.45, 2.75) is 11.3 Å². The predicted molar refractivity (Wildman–Crippen MR) is 95.7 cm³/mol. The van der Waals surface area contributed by atoms with Crippen LogP contribution in [0.2, 0.25) is 0 Å². The van der Waals surface area contributed by atoms with Crippen LogP contribution in [0.15, 0.2) is 47.4 Å². The fourth-order valence-electron chi connectivity index (χ4n) is 2.41. The molecular weight excluding hydrogens is 374 g/mol. The van der Waals surface area contributed by atoms with Crippen molar-refractivity contribution in [1.82, 2.24) is 5.32 Å². The van der Waals surface area contributed by atoms with Crippen molar-refractivity contribution in [3.8, 4) is 11.5 Å². The van der Waals surface area contributed by atoms with Gasteiger partial charge in [0, 0.05) is 18.3 Å². The quantitative estimate of drug-likeness (QED) is 0.630. The number of hydrogen-bond acceptors (Lipinski definition) is 6. The fourth-order valence-corrected chi connectivity index (χ4v) is 2.92. The Hall–Kier alpha value is -3.11. The standard InChI is InChI=1S/C17H17N3O6S/c18-27(23,24)13-4-1-11(2-5-13)7-8-19-16(21)17(22)20-12-3-6-14-15(9-12)26-10-25-14/h1-6,9H,7-8,10H2,(H,19,21)(H,20,22)(H2,18,23,24). The van der Waals surface area contributed by atoms with E-state index in [1.807, 2.05) is 0 Å². The highest BCUT2D eigenvalue weighted by Crippen LogP contribution is 2.34. The number of hydrogen-bond donors (Lipinski definition) is 3. The molecule has 0 bridgehead atoms. The van der Waals surface area contributed by atoms with Crippen molar-refractivity contribution in [3.05, 3.63) is 48.0 Å². The topological polar surface area (TPSA) is 137 Å². The first-order valence-electron chi connectivity index (χ1n) is 7.93. The number of anilines is 1. The van der Waals surface area contributed by atoms with Crippen LogP contribution in [0.3, 0.4) is 0 Å². The second kappa shape index (κ2) is 7.64. The van der Waals surface area contributed by atoms with Crippen LogP contribution in [0.25, 0.3) is 0 Å². The third kappa shape index (κ3) is 4.74. The summed E-state index contributed by atoms with van der Waals surface area (Å²) in [6.07, 6.45) is 0.425. The number of ether oxygens (including phenoxy) is 2. The van der Waals surface area contributed by atoms with E-state index < -0.39 is 21.8 Å². The first kappa shape index (κ1) is 18.7. The average Bonchev–Trinajstić information content (AvgIpc) is 3.09. The van der Waals surface area contributed by atoms with Gasteiger partial charge >= 0.3 is 11.8 Å². The minimum Gasteiger partial charge on any atom is -0.454 e. The van der Waals surface area contributed by atoms with E-state index in [9.17, 15) is 18.0 Å². The van der Waals surface area contributed by atoms with E-state index in [0.717, 1.165) is 5.56 Å². The second-order valence-electron chi connectivity index (χ2n) is 5.72. The lowest BCUT2D eigenvalue weighted by Gasteiger charge is -2.07. The minimum atomic E-state index is -3.74. The Balaban J connectivity index is 1.48. The van der Waals surface area contributed by atoms with E-state index in [0.29, 0.717) is 23.6 Å². The molecule has 0 unspecified atom stereocenters. The summed E-state index contributed by atoms with van der Waals surface area (Å²) in [5, 5.41) is 10.0. The second-order valence-corrected chi connectivity index (χ2v) is 7.28. The van der Waals surface area contributed by atoms with Gasteiger partial charge in [0.05, 0.1) is 4.90 Å². The molecule has 3 rings (SSSR count). The largest absolute Gasteiger partial charge is 0.454 e. The van der Waals surface area contributed by atoms with Gasteiger partial charge < -0.3 is 20.1 Å². The van der Waals surface area contributed by atoms with Gasteiger partial charge in [-0.3, -0.25) is 9.59 Å². The Morgan fingerprint density at radius 3 is 2.41 bits per heavy atom. The van der Waals surface area contributed by atoms with Crippen molar-refractivity contribution in [1.29, 1.82) is 0 Å².